The van der Waals surface area contributed by atoms with Crippen molar-refractivity contribution in [3.8, 4) is 0 Å². The molecule has 0 bridgehead atoms. The Morgan fingerprint density at radius 3 is 2.56 bits per heavy atom. The highest BCUT2D eigenvalue weighted by molar-refractivity contribution is 5.93. The predicted molar refractivity (Wildman–Crippen MR) is 69.6 cm³/mol. The number of rotatable bonds is 3. The monoisotopic (exact) mass is 242 g/mol. The van der Waals surface area contributed by atoms with E-state index in [-0.39, 0.29) is 11.5 Å². The van der Waals surface area contributed by atoms with Gasteiger partial charge < -0.3 is 9.88 Å². The molecule has 2 rings (SSSR count). The molecular weight excluding hydrogens is 228 g/mol. The van der Waals surface area contributed by atoms with Crippen LogP contribution in [0.25, 0.3) is 0 Å². The molecule has 0 aliphatic heterocycles. The number of hydrogen-bond donors (Lipinski definition) is 1. The largest absolute Gasteiger partial charge is 0.355 e. The molecule has 0 spiro atoms. The molecule has 0 fully saturated rings. The van der Waals surface area contributed by atoms with E-state index in [9.17, 15) is 9.59 Å². The van der Waals surface area contributed by atoms with Gasteiger partial charge in [0.15, 0.2) is 0 Å². The Morgan fingerprint density at radius 1 is 1.17 bits per heavy atom. The summed E-state index contributed by atoms with van der Waals surface area (Å²) >= 11 is 0. The third kappa shape index (κ3) is 2.66. The van der Waals surface area contributed by atoms with Gasteiger partial charge in [-0.3, -0.25) is 9.59 Å². The van der Waals surface area contributed by atoms with Gasteiger partial charge in [-0.15, -0.1) is 0 Å². The fraction of sp³-hybridized carbons (Fsp3) is 0.143. The van der Waals surface area contributed by atoms with Gasteiger partial charge in [-0.2, -0.15) is 0 Å². The molecule has 0 aliphatic carbocycles. The molecule has 1 aromatic carbocycles. The minimum Gasteiger partial charge on any atom is -0.355 e. The fourth-order valence-electron chi connectivity index (χ4n) is 1.71. The van der Waals surface area contributed by atoms with Gasteiger partial charge in [0.1, 0.15) is 0 Å². The maximum Gasteiger partial charge on any atom is 0.252 e. The lowest BCUT2D eigenvalue weighted by atomic mass is 10.2. The Balaban J connectivity index is 2.33. The first kappa shape index (κ1) is 12.1. The van der Waals surface area contributed by atoms with Crippen molar-refractivity contribution in [3.05, 3.63) is 70.1 Å². The first-order valence-corrected chi connectivity index (χ1v) is 5.67. The van der Waals surface area contributed by atoms with Crippen LogP contribution in [-0.2, 0) is 6.54 Å². The number of nitrogens with one attached hydrogen (secondary N) is 1. The third-order valence-electron chi connectivity index (χ3n) is 2.67. The van der Waals surface area contributed by atoms with Crippen LogP contribution in [0.5, 0.6) is 0 Å². The van der Waals surface area contributed by atoms with Gasteiger partial charge in [-0.05, 0) is 11.6 Å². The summed E-state index contributed by atoms with van der Waals surface area (Å²) in [7, 11) is 1.56. The number of carbonyl (C=O) groups excluding carboxylic acids is 1. The zero-order chi connectivity index (χ0) is 13.0. The molecule has 2 aromatic rings. The van der Waals surface area contributed by atoms with E-state index >= 15 is 0 Å². The lowest BCUT2D eigenvalue weighted by Crippen LogP contribution is -2.24. The van der Waals surface area contributed by atoms with Crippen LogP contribution in [0.3, 0.4) is 0 Å². The lowest BCUT2D eigenvalue weighted by molar-refractivity contribution is 0.0962. The standard InChI is InChI=1S/C14H14N2O2/c1-15-14(18)12-7-8-13(17)16(10-12)9-11-5-3-2-4-6-11/h2-8,10H,9H2,1H3,(H,15,18). The Bertz CT molecular complexity index is 603. The predicted octanol–water partition coefficient (Wildman–Crippen LogP) is 1.26. The van der Waals surface area contributed by atoms with E-state index in [1.807, 2.05) is 30.3 Å². The zero-order valence-corrected chi connectivity index (χ0v) is 10.1. The molecule has 4 nitrogen and oxygen atoms in total. The van der Waals surface area contributed by atoms with E-state index in [2.05, 4.69) is 5.32 Å². The number of nitrogens with zero attached hydrogens (tertiary/aromatic N) is 1. The number of hydrogen-bond acceptors (Lipinski definition) is 2. The number of pyridine rings is 1. The van der Waals surface area contributed by atoms with Gasteiger partial charge in [-0.1, -0.05) is 30.3 Å². The van der Waals surface area contributed by atoms with Crippen LogP contribution in [0.4, 0.5) is 0 Å². The van der Waals surface area contributed by atoms with Crippen molar-refractivity contribution in [3.63, 3.8) is 0 Å². The van der Waals surface area contributed by atoms with E-state index in [1.165, 1.54) is 16.7 Å². The molecule has 1 heterocycles. The molecule has 0 saturated heterocycles. The zero-order valence-electron chi connectivity index (χ0n) is 10.1. The van der Waals surface area contributed by atoms with Gasteiger partial charge in [0.25, 0.3) is 11.5 Å². The molecule has 0 radical (unpaired) electrons. The van der Waals surface area contributed by atoms with Crippen LogP contribution in [0.2, 0.25) is 0 Å². The summed E-state index contributed by atoms with van der Waals surface area (Å²) < 4.78 is 1.53. The molecule has 1 amide bonds. The molecule has 0 aliphatic rings. The summed E-state index contributed by atoms with van der Waals surface area (Å²) in [6.45, 7) is 0.463. The summed E-state index contributed by atoms with van der Waals surface area (Å²) in [5, 5.41) is 2.54. The maximum atomic E-state index is 11.7. The second-order valence-electron chi connectivity index (χ2n) is 3.95. The fourth-order valence-corrected chi connectivity index (χ4v) is 1.71. The number of amides is 1. The van der Waals surface area contributed by atoms with Crippen LogP contribution < -0.4 is 10.9 Å². The lowest BCUT2D eigenvalue weighted by Gasteiger charge is -2.07. The summed E-state index contributed by atoms with van der Waals surface area (Å²) in [5.41, 5.74) is 1.38. The molecule has 92 valence electrons. The first-order chi connectivity index (χ1) is 8.70. The number of benzene rings is 1. The van der Waals surface area contributed by atoms with Crippen molar-refractivity contribution < 1.29 is 4.79 Å². The van der Waals surface area contributed by atoms with Crippen LogP contribution in [0.1, 0.15) is 15.9 Å². The second-order valence-corrected chi connectivity index (χ2v) is 3.95. The van der Waals surface area contributed by atoms with Gasteiger partial charge in [-0.25, -0.2) is 0 Å². The van der Waals surface area contributed by atoms with Gasteiger partial charge in [0.2, 0.25) is 0 Å². The minimum absolute atomic E-state index is 0.119. The average Bonchev–Trinajstić information content (AvgIpc) is 2.41. The summed E-state index contributed by atoms with van der Waals surface area (Å²) in [6.07, 6.45) is 1.58. The van der Waals surface area contributed by atoms with Crippen molar-refractivity contribution in [1.82, 2.24) is 9.88 Å². The highest BCUT2D eigenvalue weighted by atomic mass is 16.1. The summed E-state index contributed by atoms with van der Waals surface area (Å²) in [5.74, 6) is -0.197. The molecule has 1 aromatic heterocycles. The average molecular weight is 242 g/mol. The quantitative estimate of drug-likeness (QED) is 0.880. The second kappa shape index (κ2) is 5.31. The summed E-state index contributed by atoms with van der Waals surface area (Å²) in [4.78, 5) is 23.2. The topological polar surface area (TPSA) is 51.1 Å². The van der Waals surface area contributed by atoms with Gasteiger partial charge in [0.05, 0.1) is 12.1 Å². The van der Waals surface area contributed by atoms with Crippen molar-refractivity contribution in [2.75, 3.05) is 7.05 Å². The third-order valence-corrected chi connectivity index (χ3v) is 2.67. The van der Waals surface area contributed by atoms with Crippen LogP contribution >= 0.6 is 0 Å². The normalized spacial score (nSPS) is 10.1. The van der Waals surface area contributed by atoms with Gasteiger partial charge >= 0.3 is 0 Å². The Kier molecular flexibility index (Phi) is 3.57. The van der Waals surface area contributed by atoms with Gasteiger partial charge in [0, 0.05) is 19.3 Å². The Labute approximate surface area is 105 Å². The highest BCUT2D eigenvalue weighted by Crippen LogP contribution is 2.02. The van der Waals surface area contributed by atoms with Crippen molar-refractivity contribution in [1.29, 1.82) is 0 Å². The van der Waals surface area contributed by atoms with E-state index in [0.29, 0.717) is 12.1 Å². The van der Waals surface area contributed by atoms with Crippen LogP contribution in [-0.4, -0.2) is 17.5 Å². The van der Waals surface area contributed by atoms with E-state index in [4.69, 9.17) is 0 Å². The van der Waals surface area contributed by atoms with E-state index < -0.39 is 0 Å². The van der Waals surface area contributed by atoms with Crippen LogP contribution in [0.15, 0.2) is 53.5 Å². The van der Waals surface area contributed by atoms with Crippen LogP contribution in [0, 0.1) is 0 Å². The first-order valence-electron chi connectivity index (χ1n) is 5.67. The molecule has 0 saturated carbocycles. The highest BCUT2D eigenvalue weighted by Gasteiger charge is 2.05. The molecule has 0 atom stereocenters. The molecular formula is C14H14N2O2. The van der Waals surface area contributed by atoms with Crippen molar-refractivity contribution in [2.45, 2.75) is 6.54 Å². The minimum atomic E-state index is -0.197. The smallest absolute Gasteiger partial charge is 0.252 e. The van der Waals surface area contributed by atoms with E-state index in [1.54, 1.807) is 13.2 Å². The summed E-state index contributed by atoms with van der Waals surface area (Å²) in [6, 6.07) is 12.6. The molecule has 4 heteroatoms. The van der Waals surface area contributed by atoms with Crippen molar-refractivity contribution in [2.24, 2.45) is 0 Å². The Morgan fingerprint density at radius 2 is 1.89 bits per heavy atom. The molecule has 18 heavy (non-hydrogen) atoms. The van der Waals surface area contributed by atoms with Crippen molar-refractivity contribution >= 4 is 5.91 Å². The number of carbonyl (C=O) groups is 1. The maximum absolute atomic E-state index is 11.7. The Hall–Kier alpha value is -2.36. The SMILES string of the molecule is CNC(=O)c1ccc(=O)n(Cc2ccccc2)c1. The van der Waals surface area contributed by atoms with E-state index in [0.717, 1.165) is 5.56 Å². The number of aromatic nitrogens is 1. The molecule has 1 N–H and O–H groups in total. The molecule has 0 unspecified atom stereocenters.